The zero-order valence-electron chi connectivity index (χ0n) is 20.1. The number of carbonyl (C=O) groups excluding carboxylic acids is 1. The number of hydrogen-bond donors (Lipinski definition) is 0. The fraction of sp³-hybridized carbons (Fsp3) is 0.360. The van der Waals surface area contributed by atoms with Crippen molar-refractivity contribution in [1.29, 1.82) is 0 Å². The molecule has 4 heterocycles. The first-order valence-electron chi connectivity index (χ1n) is 11.6. The summed E-state index contributed by atoms with van der Waals surface area (Å²) in [7, 11) is 0. The number of ether oxygens (including phenoxy) is 1. The van der Waals surface area contributed by atoms with E-state index in [1.807, 2.05) is 55.7 Å². The van der Waals surface area contributed by atoms with Gasteiger partial charge in [-0.1, -0.05) is 47.3 Å². The number of hydrogen-bond acceptors (Lipinski definition) is 8. The summed E-state index contributed by atoms with van der Waals surface area (Å²) in [4.78, 5) is 15.4. The minimum Gasteiger partial charge on any atom is -0.378 e. The molecule has 4 aromatic rings. The molecule has 1 aromatic carbocycles. The fourth-order valence-electron chi connectivity index (χ4n) is 4.35. The molecule has 3 aromatic heterocycles. The van der Waals surface area contributed by atoms with Crippen molar-refractivity contribution in [1.82, 2.24) is 24.5 Å². The van der Waals surface area contributed by atoms with Gasteiger partial charge in [0.25, 0.3) is 0 Å². The number of carbonyl (C=O) groups is 1. The lowest BCUT2D eigenvalue weighted by Gasteiger charge is -2.28. The van der Waals surface area contributed by atoms with Gasteiger partial charge in [0.2, 0.25) is 5.95 Å². The molecular formula is C25H28N6O3S. The third-order valence-electron chi connectivity index (χ3n) is 6.08. The molecule has 182 valence electrons. The Bertz CT molecular complexity index is 1320. The predicted molar refractivity (Wildman–Crippen MR) is 134 cm³/mol. The first-order chi connectivity index (χ1) is 17.0. The maximum absolute atomic E-state index is 13.3. The number of thioether (sulfide) groups is 1. The molecule has 35 heavy (non-hydrogen) atoms. The second-order valence-electron chi connectivity index (χ2n) is 8.58. The van der Waals surface area contributed by atoms with Crippen LogP contribution < -0.4 is 4.90 Å². The third-order valence-corrected chi connectivity index (χ3v) is 7.05. The maximum Gasteiger partial charge on any atom is 0.228 e. The third kappa shape index (κ3) is 4.89. The Morgan fingerprint density at radius 1 is 1.06 bits per heavy atom. The van der Waals surface area contributed by atoms with Crippen molar-refractivity contribution in [2.45, 2.75) is 32.5 Å². The molecule has 10 heteroatoms. The molecule has 1 saturated heterocycles. The smallest absolute Gasteiger partial charge is 0.228 e. The summed E-state index contributed by atoms with van der Waals surface area (Å²) in [5, 5.41) is 13.8. The van der Waals surface area contributed by atoms with E-state index in [0.717, 1.165) is 46.9 Å². The van der Waals surface area contributed by atoms with E-state index in [0.29, 0.717) is 31.1 Å². The van der Waals surface area contributed by atoms with Gasteiger partial charge < -0.3 is 14.2 Å². The van der Waals surface area contributed by atoms with Crippen LogP contribution in [0.1, 0.15) is 33.1 Å². The molecule has 0 N–H and O–H groups in total. The van der Waals surface area contributed by atoms with Gasteiger partial charge in [0.15, 0.2) is 16.8 Å². The number of ketones is 1. The van der Waals surface area contributed by atoms with Gasteiger partial charge in [-0.05, 0) is 32.4 Å². The Morgan fingerprint density at radius 3 is 2.54 bits per heavy atom. The van der Waals surface area contributed by atoms with Crippen LogP contribution in [-0.2, 0) is 11.3 Å². The molecule has 0 radical (unpaired) electrons. The molecule has 0 spiro atoms. The Balaban J connectivity index is 1.37. The SMILES string of the molecule is Cc1cc(-n2c(C)cc(C(=O)CSc3nnc(N4CCOCC4)n3Cc3ccccc3)c2C)no1. The van der Waals surface area contributed by atoms with Gasteiger partial charge in [-0.3, -0.25) is 13.9 Å². The van der Waals surface area contributed by atoms with Crippen LogP contribution in [0.15, 0.2) is 52.1 Å². The minimum absolute atomic E-state index is 0.0387. The van der Waals surface area contributed by atoms with Crippen LogP contribution in [0.5, 0.6) is 0 Å². The van der Waals surface area contributed by atoms with Crippen LogP contribution >= 0.6 is 11.8 Å². The summed E-state index contributed by atoms with van der Waals surface area (Å²) >= 11 is 1.42. The van der Waals surface area contributed by atoms with Gasteiger partial charge in [-0.25, -0.2) is 0 Å². The average Bonchev–Trinajstić information content (AvgIpc) is 3.55. The molecule has 0 amide bonds. The molecule has 5 rings (SSSR count). The van der Waals surface area contributed by atoms with E-state index in [4.69, 9.17) is 9.26 Å². The first kappa shape index (κ1) is 23.4. The van der Waals surface area contributed by atoms with E-state index < -0.39 is 0 Å². The van der Waals surface area contributed by atoms with Crippen LogP contribution in [0.4, 0.5) is 5.95 Å². The van der Waals surface area contributed by atoms with Crippen LogP contribution in [-0.4, -0.2) is 62.3 Å². The highest BCUT2D eigenvalue weighted by atomic mass is 32.2. The number of morpholine rings is 1. The number of aromatic nitrogens is 5. The summed E-state index contributed by atoms with van der Waals surface area (Å²) in [6.45, 7) is 9.25. The zero-order chi connectivity index (χ0) is 24.4. The van der Waals surface area contributed by atoms with Crippen molar-refractivity contribution in [3.05, 3.63) is 70.7 Å². The summed E-state index contributed by atoms with van der Waals surface area (Å²) in [6, 6.07) is 14.0. The van der Waals surface area contributed by atoms with E-state index >= 15 is 0 Å². The number of nitrogens with zero attached hydrogens (tertiary/aromatic N) is 6. The standard InChI is InChI=1S/C25H28N6O3S/c1-17-13-21(19(3)31(17)23-14-18(2)34-28-23)22(32)16-35-25-27-26-24(29-9-11-33-12-10-29)30(25)15-20-7-5-4-6-8-20/h4-8,13-14H,9-12,15-16H2,1-3H3. The van der Waals surface area contributed by atoms with Gasteiger partial charge in [-0.15, -0.1) is 10.2 Å². The van der Waals surface area contributed by atoms with Crippen LogP contribution in [0, 0.1) is 20.8 Å². The maximum atomic E-state index is 13.3. The van der Waals surface area contributed by atoms with E-state index in [1.165, 1.54) is 11.8 Å². The van der Waals surface area contributed by atoms with E-state index in [-0.39, 0.29) is 11.5 Å². The zero-order valence-corrected chi connectivity index (χ0v) is 20.9. The van der Waals surface area contributed by atoms with Crippen molar-refractivity contribution >= 4 is 23.5 Å². The summed E-state index contributed by atoms with van der Waals surface area (Å²) in [5.41, 5.74) is 3.62. The number of Topliss-reactive ketones (excluding diaryl/α,β-unsaturated/α-hetero) is 1. The lowest BCUT2D eigenvalue weighted by molar-refractivity contribution is 0.102. The molecule has 1 aliphatic heterocycles. The second-order valence-corrected chi connectivity index (χ2v) is 9.52. The molecule has 0 saturated carbocycles. The van der Waals surface area contributed by atoms with Crippen molar-refractivity contribution in [3.63, 3.8) is 0 Å². The lowest BCUT2D eigenvalue weighted by Crippen LogP contribution is -2.38. The normalized spacial score (nSPS) is 14.0. The largest absolute Gasteiger partial charge is 0.378 e. The summed E-state index contributed by atoms with van der Waals surface area (Å²) in [5.74, 6) is 2.52. The van der Waals surface area contributed by atoms with E-state index in [1.54, 1.807) is 0 Å². The van der Waals surface area contributed by atoms with Crippen LogP contribution in [0.25, 0.3) is 5.82 Å². The number of aryl methyl sites for hydroxylation is 2. The van der Waals surface area contributed by atoms with Gasteiger partial charge >= 0.3 is 0 Å². The Kier molecular flexibility index (Phi) is 6.74. The van der Waals surface area contributed by atoms with Crippen molar-refractivity contribution in [2.75, 3.05) is 37.0 Å². The summed E-state index contributed by atoms with van der Waals surface area (Å²) < 4.78 is 14.8. The minimum atomic E-state index is 0.0387. The van der Waals surface area contributed by atoms with Gasteiger partial charge in [0.1, 0.15) is 5.76 Å². The average molecular weight is 493 g/mol. The van der Waals surface area contributed by atoms with E-state index in [2.05, 4.69) is 37.0 Å². The Morgan fingerprint density at radius 2 is 1.83 bits per heavy atom. The Hall–Kier alpha value is -3.37. The second kappa shape index (κ2) is 10.1. The topological polar surface area (TPSA) is 91.2 Å². The fourth-order valence-corrected chi connectivity index (χ4v) is 5.17. The van der Waals surface area contributed by atoms with Crippen molar-refractivity contribution in [3.8, 4) is 5.82 Å². The number of rotatable bonds is 8. The lowest BCUT2D eigenvalue weighted by atomic mass is 10.2. The van der Waals surface area contributed by atoms with Crippen LogP contribution in [0.3, 0.4) is 0 Å². The molecule has 0 unspecified atom stereocenters. The summed E-state index contributed by atoms with van der Waals surface area (Å²) in [6.07, 6.45) is 0. The molecule has 0 atom stereocenters. The molecule has 9 nitrogen and oxygen atoms in total. The number of anilines is 1. The monoisotopic (exact) mass is 492 g/mol. The highest BCUT2D eigenvalue weighted by Crippen LogP contribution is 2.27. The number of benzene rings is 1. The first-order valence-corrected chi connectivity index (χ1v) is 12.6. The van der Waals surface area contributed by atoms with Gasteiger partial charge in [0, 0.05) is 36.1 Å². The van der Waals surface area contributed by atoms with E-state index in [9.17, 15) is 4.79 Å². The predicted octanol–water partition coefficient (Wildman–Crippen LogP) is 3.84. The highest BCUT2D eigenvalue weighted by Gasteiger charge is 2.23. The molecule has 1 aliphatic rings. The Labute approximate surface area is 208 Å². The molecule has 1 fully saturated rings. The molecular weight excluding hydrogens is 464 g/mol. The van der Waals surface area contributed by atoms with Gasteiger partial charge in [0.05, 0.1) is 25.5 Å². The van der Waals surface area contributed by atoms with Gasteiger partial charge in [-0.2, -0.15) is 0 Å². The molecule has 0 bridgehead atoms. The quantitative estimate of drug-likeness (QED) is 0.271. The highest BCUT2D eigenvalue weighted by molar-refractivity contribution is 7.99. The van der Waals surface area contributed by atoms with Crippen LogP contribution in [0.2, 0.25) is 0 Å². The van der Waals surface area contributed by atoms with Crippen molar-refractivity contribution in [2.24, 2.45) is 0 Å². The van der Waals surface area contributed by atoms with Crippen molar-refractivity contribution < 1.29 is 14.1 Å². The molecule has 0 aliphatic carbocycles.